The zero-order valence-electron chi connectivity index (χ0n) is 12.8. The predicted molar refractivity (Wildman–Crippen MR) is 80.1 cm³/mol. The van der Waals surface area contributed by atoms with E-state index in [9.17, 15) is 4.39 Å². The standard InChI is InChI=1S/C17H26FNO/c1-4-20-17(9-5-6-13(3)11-17)16(19)14-10-12(2)7-8-15(14)18/h7-8,10,13,16H,4-6,9,11,19H2,1-3H3. The third kappa shape index (κ3) is 3.04. The number of rotatable bonds is 4. The molecular formula is C17H26FNO. The molecule has 0 aromatic heterocycles. The fourth-order valence-corrected chi connectivity index (χ4v) is 3.52. The lowest BCUT2D eigenvalue weighted by Gasteiger charge is -2.44. The van der Waals surface area contributed by atoms with Crippen molar-refractivity contribution in [3.8, 4) is 0 Å². The van der Waals surface area contributed by atoms with Gasteiger partial charge < -0.3 is 10.5 Å². The van der Waals surface area contributed by atoms with Crippen molar-refractivity contribution in [2.24, 2.45) is 11.7 Å². The van der Waals surface area contributed by atoms with E-state index in [4.69, 9.17) is 10.5 Å². The van der Waals surface area contributed by atoms with Crippen LogP contribution in [0, 0.1) is 18.7 Å². The largest absolute Gasteiger partial charge is 0.373 e. The lowest BCUT2D eigenvalue weighted by atomic mass is 9.73. The third-order valence-corrected chi connectivity index (χ3v) is 4.48. The summed E-state index contributed by atoms with van der Waals surface area (Å²) < 4.78 is 20.2. The second-order valence-electron chi connectivity index (χ2n) is 6.20. The molecule has 0 saturated heterocycles. The summed E-state index contributed by atoms with van der Waals surface area (Å²) in [6, 6.07) is 4.75. The number of hydrogen-bond acceptors (Lipinski definition) is 2. The number of nitrogens with two attached hydrogens (primary N) is 1. The molecule has 2 rings (SSSR count). The first kappa shape index (κ1) is 15.5. The van der Waals surface area contributed by atoms with E-state index in [0.29, 0.717) is 18.1 Å². The van der Waals surface area contributed by atoms with Gasteiger partial charge in [-0.2, -0.15) is 0 Å². The SMILES string of the molecule is CCOC1(C(N)c2cc(C)ccc2F)CCCC(C)C1. The van der Waals surface area contributed by atoms with Gasteiger partial charge in [0.05, 0.1) is 11.6 Å². The second kappa shape index (κ2) is 6.23. The molecule has 1 aliphatic rings. The van der Waals surface area contributed by atoms with Gasteiger partial charge in [0.15, 0.2) is 0 Å². The van der Waals surface area contributed by atoms with Crippen LogP contribution in [0.15, 0.2) is 18.2 Å². The fraction of sp³-hybridized carbons (Fsp3) is 0.647. The molecule has 3 heteroatoms. The summed E-state index contributed by atoms with van der Waals surface area (Å²) in [5, 5.41) is 0. The normalized spacial score (nSPS) is 28.4. The molecule has 112 valence electrons. The lowest BCUT2D eigenvalue weighted by Crippen LogP contribution is -2.47. The summed E-state index contributed by atoms with van der Waals surface area (Å²) in [4.78, 5) is 0. The van der Waals surface area contributed by atoms with Crippen molar-refractivity contribution in [1.29, 1.82) is 0 Å². The van der Waals surface area contributed by atoms with Gasteiger partial charge in [-0.05, 0) is 38.7 Å². The van der Waals surface area contributed by atoms with E-state index in [1.54, 1.807) is 6.07 Å². The highest BCUT2D eigenvalue weighted by molar-refractivity contribution is 5.29. The molecule has 0 aliphatic heterocycles. The van der Waals surface area contributed by atoms with Gasteiger partial charge in [0.2, 0.25) is 0 Å². The van der Waals surface area contributed by atoms with Crippen molar-refractivity contribution in [1.82, 2.24) is 0 Å². The van der Waals surface area contributed by atoms with E-state index >= 15 is 0 Å². The van der Waals surface area contributed by atoms with Crippen LogP contribution in [0.1, 0.15) is 56.7 Å². The van der Waals surface area contributed by atoms with Gasteiger partial charge in [-0.1, -0.05) is 37.5 Å². The highest BCUT2D eigenvalue weighted by atomic mass is 19.1. The van der Waals surface area contributed by atoms with Crippen LogP contribution >= 0.6 is 0 Å². The van der Waals surface area contributed by atoms with E-state index in [2.05, 4.69) is 6.92 Å². The van der Waals surface area contributed by atoms with E-state index in [0.717, 1.165) is 24.8 Å². The molecule has 1 aliphatic carbocycles. The number of aryl methyl sites for hydroxylation is 1. The molecule has 0 bridgehead atoms. The van der Waals surface area contributed by atoms with Gasteiger partial charge in [-0.15, -0.1) is 0 Å². The average Bonchev–Trinajstić information content (AvgIpc) is 2.41. The second-order valence-corrected chi connectivity index (χ2v) is 6.20. The van der Waals surface area contributed by atoms with Crippen LogP contribution in [0.25, 0.3) is 0 Å². The quantitative estimate of drug-likeness (QED) is 0.899. The Kier molecular flexibility index (Phi) is 4.82. The summed E-state index contributed by atoms with van der Waals surface area (Å²) >= 11 is 0. The zero-order valence-corrected chi connectivity index (χ0v) is 12.8. The molecule has 0 heterocycles. The molecule has 0 amide bonds. The Hall–Kier alpha value is -0.930. The Morgan fingerprint density at radius 2 is 2.25 bits per heavy atom. The highest BCUT2D eigenvalue weighted by Crippen LogP contribution is 2.43. The van der Waals surface area contributed by atoms with E-state index < -0.39 is 11.6 Å². The van der Waals surface area contributed by atoms with Crippen LogP contribution in [-0.4, -0.2) is 12.2 Å². The van der Waals surface area contributed by atoms with E-state index in [1.807, 2.05) is 19.9 Å². The van der Waals surface area contributed by atoms with E-state index in [-0.39, 0.29) is 5.82 Å². The van der Waals surface area contributed by atoms with Crippen LogP contribution in [0.5, 0.6) is 0 Å². The van der Waals surface area contributed by atoms with Gasteiger partial charge in [0.1, 0.15) is 5.82 Å². The lowest BCUT2D eigenvalue weighted by molar-refractivity contribution is -0.0944. The van der Waals surface area contributed by atoms with Crippen molar-refractivity contribution in [2.45, 2.75) is 58.1 Å². The van der Waals surface area contributed by atoms with Crippen LogP contribution < -0.4 is 5.73 Å². The Morgan fingerprint density at radius 3 is 2.90 bits per heavy atom. The van der Waals surface area contributed by atoms with Crippen molar-refractivity contribution in [3.63, 3.8) is 0 Å². The van der Waals surface area contributed by atoms with Crippen LogP contribution in [0.2, 0.25) is 0 Å². The minimum atomic E-state index is -0.416. The van der Waals surface area contributed by atoms with Gasteiger partial charge >= 0.3 is 0 Å². The number of hydrogen-bond donors (Lipinski definition) is 1. The van der Waals surface area contributed by atoms with Gasteiger partial charge in [0.25, 0.3) is 0 Å². The molecule has 0 spiro atoms. The predicted octanol–water partition coefficient (Wildman–Crippen LogP) is 4.12. The number of benzene rings is 1. The summed E-state index contributed by atoms with van der Waals surface area (Å²) in [5.41, 5.74) is 7.67. The number of ether oxygens (including phenoxy) is 1. The first-order valence-corrected chi connectivity index (χ1v) is 7.64. The molecule has 20 heavy (non-hydrogen) atoms. The molecular weight excluding hydrogens is 253 g/mol. The Bertz CT molecular complexity index is 458. The Labute approximate surface area is 121 Å². The van der Waals surface area contributed by atoms with Crippen LogP contribution in [0.4, 0.5) is 4.39 Å². The highest BCUT2D eigenvalue weighted by Gasteiger charge is 2.42. The first-order valence-electron chi connectivity index (χ1n) is 7.64. The molecule has 1 aromatic carbocycles. The van der Waals surface area contributed by atoms with Gasteiger partial charge in [-0.3, -0.25) is 0 Å². The minimum Gasteiger partial charge on any atom is -0.373 e. The Morgan fingerprint density at radius 1 is 1.50 bits per heavy atom. The molecule has 2 nitrogen and oxygen atoms in total. The maximum absolute atomic E-state index is 14.1. The van der Waals surface area contributed by atoms with E-state index in [1.165, 1.54) is 12.5 Å². The summed E-state index contributed by atoms with van der Waals surface area (Å²) in [5.74, 6) is 0.356. The van der Waals surface area contributed by atoms with Gasteiger partial charge in [-0.25, -0.2) is 4.39 Å². The molecule has 2 N–H and O–H groups in total. The number of halogens is 1. The third-order valence-electron chi connectivity index (χ3n) is 4.48. The van der Waals surface area contributed by atoms with Crippen molar-refractivity contribution >= 4 is 0 Å². The summed E-state index contributed by atoms with van der Waals surface area (Å²) in [6.45, 7) is 6.80. The van der Waals surface area contributed by atoms with Crippen molar-refractivity contribution < 1.29 is 9.13 Å². The maximum Gasteiger partial charge on any atom is 0.128 e. The van der Waals surface area contributed by atoms with Crippen LogP contribution in [-0.2, 0) is 4.74 Å². The first-order chi connectivity index (χ1) is 9.48. The molecule has 1 aromatic rings. The Balaban J connectivity index is 2.35. The molecule has 0 radical (unpaired) electrons. The molecule has 1 fully saturated rings. The van der Waals surface area contributed by atoms with Crippen molar-refractivity contribution in [3.05, 3.63) is 35.1 Å². The minimum absolute atomic E-state index is 0.222. The smallest absolute Gasteiger partial charge is 0.128 e. The van der Waals surface area contributed by atoms with Crippen LogP contribution in [0.3, 0.4) is 0 Å². The molecule has 3 unspecified atom stereocenters. The topological polar surface area (TPSA) is 35.2 Å². The summed E-state index contributed by atoms with van der Waals surface area (Å²) in [7, 11) is 0. The molecule has 3 atom stereocenters. The monoisotopic (exact) mass is 279 g/mol. The summed E-state index contributed by atoms with van der Waals surface area (Å²) in [6.07, 6.45) is 4.13. The fourth-order valence-electron chi connectivity index (χ4n) is 3.52. The molecule has 1 saturated carbocycles. The van der Waals surface area contributed by atoms with Crippen molar-refractivity contribution in [2.75, 3.05) is 6.61 Å². The van der Waals surface area contributed by atoms with Gasteiger partial charge in [0, 0.05) is 12.2 Å². The maximum atomic E-state index is 14.1. The average molecular weight is 279 g/mol. The zero-order chi connectivity index (χ0) is 14.8.